The molecule has 0 spiro atoms. The van der Waals surface area contributed by atoms with Gasteiger partial charge in [-0.15, -0.1) is 0 Å². The highest BCUT2D eigenvalue weighted by Gasteiger charge is 2.26. The summed E-state index contributed by atoms with van der Waals surface area (Å²) in [6.07, 6.45) is 2.10. The van der Waals surface area contributed by atoms with E-state index in [9.17, 15) is 13.2 Å². The van der Waals surface area contributed by atoms with Crippen LogP contribution in [0.3, 0.4) is 0 Å². The molecule has 4 rings (SSSR count). The van der Waals surface area contributed by atoms with Crippen LogP contribution in [0.4, 0.5) is 18.9 Å². The zero-order chi connectivity index (χ0) is 16.7. The first-order chi connectivity index (χ1) is 11.6. The minimum Gasteiger partial charge on any atom is -0.439 e. The lowest BCUT2D eigenvalue weighted by atomic mass is 10.1. The molecule has 0 saturated heterocycles. The summed E-state index contributed by atoms with van der Waals surface area (Å²) in [4.78, 5) is 10.1. The molecule has 3 aromatic rings. The summed E-state index contributed by atoms with van der Waals surface area (Å²) in [5.74, 6) is -2.01. The number of halogens is 3. The number of anilines is 1. The Morgan fingerprint density at radius 3 is 2.79 bits per heavy atom. The van der Waals surface area contributed by atoms with E-state index in [4.69, 9.17) is 4.42 Å². The number of fused-ring (bicyclic) bond motifs is 1. The van der Waals surface area contributed by atoms with Crippen molar-refractivity contribution in [1.29, 1.82) is 0 Å². The molecule has 2 aromatic heterocycles. The third kappa shape index (κ3) is 2.51. The summed E-state index contributed by atoms with van der Waals surface area (Å²) in [5, 5.41) is 0. The number of benzene rings is 1. The molecule has 1 aromatic carbocycles. The third-order valence-corrected chi connectivity index (χ3v) is 3.93. The van der Waals surface area contributed by atoms with Gasteiger partial charge in [0.1, 0.15) is 23.0 Å². The van der Waals surface area contributed by atoms with Crippen molar-refractivity contribution >= 4 is 5.69 Å². The number of pyridine rings is 1. The maximum Gasteiger partial charge on any atom is 0.245 e. The van der Waals surface area contributed by atoms with E-state index in [0.717, 1.165) is 6.07 Å². The van der Waals surface area contributed by atoms with Gasteiger partial charge in [0.2, 0.25) is 5.89 Å². The Balaban J connectivity index is 1.66. The molecular formula is C17H12F3N3O. The normalized spacial score (nSPS) is 13.9. The van der Waals surface area contributed by atoms with Crippen LogP contribution in [0.1, 0.15) is 11.5 Å². The minimum atomic E-state index is -1.20. The molecule has 1 aliphatic heterocycles. The van der Waals surface area contributed by atoms with Crippen LogP contribution in [-0.4, -0.2) is 16.5 Å². The lowest BCUT2D eigenvalue weighted by Gasteiger charge is -2.27. The average molecular weight is 331 g/mol. The van der Waals surface area contributed by atoms with Crippen LogP contribution in [-0.2, 0) is 13.0 Å². The molecule has 0 atom stereocenters. The summed E-state index contributed by atoms with van der Waals surface area (Å²) >= 11 is 0. The molecule has 0 N–H and O–H groups in total. The quantitative estimate of drug-likeness (QED) is 0.671. The van der Waals surface area contributed by atoms with Crippen LogP contribution in [0.25, 0.3) is 11.6 Å². The van der Waals surface area contributed by atoms with Gasteiger partial charge in [0.15, 0.2) is 11.6 Å². The molecule has 7 heteroatoms. The van der Waals surface area contributed by atoms with Crippen LogP contribution in [0.15, 0.2) is 40.9 Å². The second-order valence-corrected chi connectivity index (χ2v) is 5.50. The summed E-state index contributed by atoms with van der Waals surface area (Å²) in [7, 11) is 0. The molecule has 0 unspecified atom stereocenters. The Bertz CT molecular complexity index is 896. The van der Waals surface area contributed by atoms with Crippen molar-refractivity contribution in [2.24, 2.45) is 0 Å². The van der Waals surface area contributed by atoms with Gasteiger partial charge in [-0.25, -0.2) is 18.2 Å². The van der Waals surface area contributed by atoms with Crippen molar-refractivity contribution in [2.45, 2.75) is 13.0 Å². The van der Waals surface area contributed by atoms with Crippen LogP contribution in [0.2, 0.25) is 0 Å². The van der Waals surface area contributed by atoms with Gasteiger partial charge in [-0.3, -0.25) is 4.98 Å². The number of nitrogens with zero attached hydrogens (tertiary/aromatic N) is 3. The molecule has 1 aliphatic rings. The van der Waals surface area contributed by atoms with E-state index >= 15 is 0 Å². The first kappa shape index (κ1) is 14.7. The number of oxazole rings is 1. The highest BCUT2D eigenvalue weighted by atomic mass is 19.2. The Hall–Kier alpha value is -2.83. The molecule has 24 heavy (non-hydrogen) atoms. The van der Waals surface area contributed by atoms with Crippen molar-refractivity contribution in [2.75, 3.05) is 11.4 Å². The highest BCUT2D eigenvalue weighted by Crippen LogP contribution is 2.30. The van der Waals surface area contributed by atoms with Crippen molar-refractivity contribution in [3.63, 3.8) is 0 Å². The number of hydrogen-bond donors (Lipinski definition) is 0. The van der Waals surface area contributed by atoms with Gasteiger partial charge in [-0.2, -0.15) is 0 Å². The lowest BCUT2D eigenvalue weighted by molar-refractivity contribution is 0.479. The van der Waals surface area contributed by atoms with E-state index < -0.39 is 17.5 Å². The molecule has 4 nitrogen and oxygen atoms in total. The second-order valence-electron chi connectivity index (χ2n) is 5.50. The van der Waals surface area contributed by atoms with Gasteiger partial charge in [0, 0.05) is 31.3 Å². The summed E-state index contributed by atoms with van der Waals surface area (Å²) in [6, 6.07) is 6.90. The molecule has 122 valence electrons. The van der Waals surface area contributed by atoms with Crippen LogP contribution < -0.4 is 4.90 Å². The maximum atomic E-state index is 14.0. The van der Waals surface area contributed by atoms with Gasteiger partial charge < -0.3 is 9.32 Å². The maximum absolute atomic E-state index is 14.0. The Morgan fingerprint density at radius 2 is 2.00 bits per heavy atom. The predicted octanol–water partition coefficient (Wildman–Crippen LogP) is 3.72. The number of hydrogen-bond acceptors (Lipinski definition) is 4. The lowest BCUT2D eigenvalue weighted by Crippen LogP contribution is -2.31. The molecule has 0 fully saturated rings. The van der Waals surface area contributed by atoms with E-state index in [2.05, 4.69) is 9.97 Å². The van der Waals surface area contributed by atoms with Crippen molar-refractivity contribution < 1.29 is 17.6 Å². The Kier molecular flexibility index (Phi) is 3.48. The first-order valence-corrected chi connectivity index (χ1v) is 7.41. The summed E-state index contributed by atoms with van der Waals surface area (Å²) in [6.45, 7) is 0.592. The van der Waals surface area contributed by atoms with Crippen molar-refractivity contribution in [1.82, 2.24) is 9.97 Å². The highest BCUT2D eigenvalue weighted by molar-refractivity contribution is 5.52. The van der Waals surface area contributed by atoms with E-state index in [1.54, 1.807) is 23.2 Å². The minimum absolute atomic E-state index is 0.111. The van der Waals surface area contributed by atoms with Crippen LogP contribution in [0.5, 0.6) is 0 Å². The molecule has 0 aliphatic carbocycles. The molecule has 0 radical (unpaired) electrons. The average Bonchev–Trinajstić information content (AvgIpc) is 3.02. The van der Waals surface area contributed by atoms with Gasteiger partial charge in [0.25, 0.3) is 0 Å². The number of aromatic nitrogens is 2. The van der Waals surface area contributed by atoms with Crippen LogP contribution in [0, 0.1) is 17.5 Å². The standard InChI is InChI=1S/C17H12F3N3O/c18-10-7-11(19)16(20)14(8-10)23-6-4-15-13(9-23)22-17(24-15)12-3-1-2-5-21-12/h1-3,5,7-8H,4,6,9H2. The monoisotopic (exact) mass is 331 g/mol. The van der Waals surface area contributed by atoms with Crippen molar-refractivity contribution in [3.05, 3.63) is 65.4 Å². The van der Waals surface area contributed by atoms with Gasteiger partial charge in [-0.05, 0) is 12.1 Å². The second kappa shape index (κ2) is 5.67. The van der Waals surface area contributed by atoms with Gasteiger partial charge in [0.05, 0.1) is 12.2 Å². The Morgan fingerprint density at radius 1 is 1.12 bits per heavy atom. The van der Waals surface area contributed by atoms with E-state index in [1.165, 1.54) is 0 Å². The third-order valence-electron chi connectivity index (χ3n) is 3.93. The molecular weight excluding hydrogens is 319 g/mol. The molecule has 0 amide bonds. The topological polar surface area (TPSA) is 42.2 Å². The predicted molar refractivity (Wildman–Crippen MR) is 80.8 cm³/mol. The fourth-order valence-corrected chi connectivity index (χ4v) is 2.78. The molecule has 0 saturated carbocycles. The largest absolute Gasteiger partial charge is 0.439 e. The zero-order valence-electron chi connectivity index (χ0n) is 12.5. The molecule has 0 bridgehead atoms. The van der Waals surface area contributed by atoms with E-state index in [0.29, 0.717) is 42.1 Å². The fourth-order valence-electron chi connectivity index (χ4n) is 2.78. The van der Waals surface area contributed by atoms with Crippen LogP contribution >= 0.6 is 0 Å². The van der Waals surface area contributed by atoms with Crippen molar-refractivity contribution in [3.8, 4) is 11.6 Å². The molecule has 3 heterocycles. The summed E-state index contributed by atoms with van der Waals surface area (Å²) < 4.78 is 46.5. The number of rotatable bonds is 2. The van der Waals surface area contributed by atoms with Gasteiger partial charge in [-0.1, -0.05) is 6.07 Å². The smallest absolute Gasteiger partial charge is 0.245 e. The first-order valence-electron chi connectivity index (χ1n) is 7.41. The van der Waals surface area contributed by atoms with E-state index in [-0.39, 0.29) is 12.2 Å². The fraction of sp³-hybridized carbons (Fsp3) is 0.176. The Labute approximate surface area is 135 Å². The summed E-state index contributed by atoms with van der Waals surface area (Å²) in [5.41, 5.74) is 1.10. The van der Waals surface area contributed by atoms with Gasteiger partial charge >= 0.3 is 0 Å². The zero-order valence-corrected chi connectivity index (χ0v) is 12.5. The van der Waals surface area contributed by atoms with E-state index in [1.807, 2.05) is 6.07 Å². The SMILES string of the molecule is Fc1cc(F)c(F)c(N2CCc3oc(-c4ccccn4)nc3C2)c1.